The fourth-order valence-corrected chi connectivity index (χ4v) is 1.23. The molecule has 1 aliphatic heterocycles. The van der Waals surface area contributed by atoms with Crippen molar-refractivity contribution >= 4 is 17.5 Å². The van der Waals surface area contributed by atoms with Gasteiger partial charge in [0.05, 0.1) is 0 Å². The average molecular weight is 174 g/mol. The number of carbonyl (C=O) groups is 1. The summed E-state index contributed by atoms with van der Waals surface area (Å²) in [6.45, 7) is 3.24. The van der Waals surface area contributed by atoms with Crippen molar-refractivity contribution in [2.75, 3.05) is 13.1 Å². The molecule has 62 valence electrons. The first kappa shape index (κ1) is 8.60. The monoisotopic (exact) mass is 173 g/mol. The molecule has 0 aromatic rings. The van der Waals surface area contributed by atoms with E-state index in [1.54, 1.807) is 11.8 Å². The van der Waals surface area contributed by atoms with Gasteiger partial charge in [-0.15, -0.1) is 11.6 Å². The molecule has 0 saturated heterocycles. The van der Waals surface area contributed by atoms with Crippen molar-refractivity contribution in [3.63, 3.8) is 0 Å². The van der Waals surface area contributed by atoms with Crippen LogP contribution in [0.5, 0.6) is 0 Å². The van der Waals surface area contributed by atoms with Crippen molar-refractivity contribution in [3.8, 4) is 0 Å². The number of hydrogen-bond acceptors (Lipinski definition) is 1. The van der Waals surface area contributed by atoms with E-state index in [4.69, 9.17) is 11.6 Å². The van der Waals surface area contributed by atoms with Crippen LogP contribution in [0.25, 0.3) is 0 Å². The van der Waals surface area contributed by atoms with Crippen LogP contribution in [0.3, 0.4) is 0 Å². The summed E-state index contributed by atoms with van der Waals surface area (Å²) in [7, 11) is 0. The molecule has 11 heavy (non-hydrogen) atoms. The molecule has 1 heterocycles. The van der Waals surface area contributed by atoms with Gasteiger partial charge in [-0.1, -0.05) is 12.2 Å². The van der Waals surface area contributed by atoms with Gasteiger partial charge in [-0.05, 0) is 13.3 Å². The number of halogens is 1. The molecule has 1 unspecified atom stereocenters. The summed E-state index contributed by atoms with van der Waals surface area (Å²) in [5.41, 5.74) is 0. The Labute approximate surface area is 71.8 Å². The first-order valence-corrected chi connectivity index (χ1v) is 4.23. The molecular weight excluding hydrogens is 162 g/mol. The molecule has 1 atom stereocenters. The summed E-state index contributed by atoms with van der Waals surface area (Å²) < 4.78 is 0. The lowest BCUT2D eigenvalue weighted by Crippen LogP contribution is -2.37. The second-order valence-electron chi connectivity index (χ2n) is 2.66. The maximum Gasteiger partial charge on any atom is 0.240 e. The summed E-state index contributed by atoms with van der Waals surface area (Å²) >= 11 is 5.65. The Morgan fingerprint density at radius 2 is 2.36 bits per heavy atom. The topological polar surface area (TPSA) is 20.3 Å². The Bertz CT molecular complexity index is 177. The molecule has 1 aliphatic rings. The van der Waals surface area contributed by atoms with Gasteiger partial charge < -0.3 is 4.90 Å². The van der Waals surface area contributed by atoms with Crippen LogP contribution >= 0.6 is 11.6 Å². The summed E-state index contributed by atoms with van der Waals surface area (Å²) in [6, 6.07) is 0. The van der Waals surface area contributed by atoms with Gasteiger partial charge in [0.15, 0.2) is 0 Å². The standard InChI is InChI=1S/C8H12ClNO/c1-7(9)8(11)10-5-3-2-4-6-10/h2-3,7H,4-6H2,1H3. The predicted octanol–water partition coefficient (Wildman–Crippen LogP) is 1.40. The van der Waals surface area contributed by atoms with E-state index in [-0.39, 0.29) is 11.3 Å². The van der Waals surface area contributed by atoms with Crippen LogP contribution in [0.15, 0.2) is 12.2 Å². The summed E-state index contributed by atoms with van der Waals surface area (Å²) in [5.74, 6) is 0.0380. The molecule has 0 aliphatic carbocycles. The lowest BCUT2D eigenvalue weighted by Gasteiger charge is -2.24. The van der Waals surface area contributed by atoms with E-state index in [9.17, 15) is 4.79 Å². The lowest BCUT2D eigenvalue weighted by molar-refractivity contribution is -0.130. The molecule has 0 aromatic heterocycles. The van der Waals surface area contributed by atoms with Crippen LogP contribution in [0.1, 0.15) is 13.3 Å². The molecule has 0 saturated carbocycles. The number of amides is 1. The SMILES string of the molecule is CC(Cl)C(=O)N1CC=CCC1. The van der Waals surface area contributed by atoms with Crippen molar-refractivity contribution in [3.05, 3.63) is 12.2 Å². The van der Waals surface area contributed by atoms with Gasteiger partial charge in [0.25, 0.3) is 0 Å². The van der Waals surface area contributed by atoms with Gasteiger partial charge in [-0.25, -0.2) is 0 Å². The zero-order valence-electron chi connectivity index (χ0n) is 6.59. The molecule has 1 amide bonds. The third kappa shape index (κ3) is 2.22. The van der Waals surface area contributed by atoms with Gasteiger partial charge in [-0.3, -0.25) is 4.79 Å². The number of rotatable bonds is 1. The predicted molar refractivity (Wildman–Crippen MR) is 45.7 cm³/mol. The molecule has 0 bridgehead atoms. The lowest BCUT2D eigenvalue weighted by atomic mass is 10.2. The first-order valence-electron chi connectivity index (χ1n) is 3.79. The van der Waals surface area contributed by atoms with E-state index < -0.39 is 0 Å². The van der Waals surface area contributed by atoms with E-state index in [0.717, 1.165) is 19.5 Å². The summed E-state index contributed by atoms with van der Waals surface area (Å²) in [5, 5.41) is -0.388. The molecular formula is C8H12ClNO. The van der Waals surface area contributed by atoms with Crippen molar-refractivity contribution in [2.45, 2.75) is 18.7 Å². The quantitative estimate of drug-likeness (QED) is 0.434. The maximum atomic E-state index is 11.3. The fraction of sp³-hybridized carbons (Fsp3) is 0.625. The van der Waals surface area contributed by atoms with Crippen molar-refractivity contribution < 1.29 is 4.79 Å². The number of nitrogens with zero attached hydrogens (tertiary/aromatic N) is 1. The van der Waals surface area contributed by atoms with Crippen LogP contribution in [0, 0.1) is 0 Å². The van der Waals surface area contributed by atoms with E-state index >= 15 is 0 Å². The zero-order valence-corrected chi connectivity index (χ0v) is 7.34. The first-order chi connectivity index (χ1) is 5.22. The largest absolute Gasteiger partial charge is 0.337 e. The Morgan fingerprint density at radius 1 is 1.64 bits per heavy atom. The fourth-order valence-electron chi connectivity index (χ4n) is 1.09. The van der Waals surface area contributed by atoms with E-state index in [1.165, 1.54) is 0 Å². The molecule has 3 heteroatoms. The van der Waals surface area contributed by atoms with Gasteiger partial charge in [-0.2, -0.15) is 0 Å². The molecule has 0 spiro atoms. The Balaban J connectivity index is 2.47. The van der Waals surface area contributed by atoms with Crippen LogP contribution < -0.4 is 0 Å². The highest BCUT2D eigenvalue weighted by molar-refractivity contribution is 6.30. The zero-order chi connectivity index (χ0) is 8.27. The number of carbonyl (C=O) groups excluding carboxylic acids is 1. The number of hydrogen-bond donors (Lipinski definition) is 0. The van der Waals surface area contributed by atoms with E-state index in [0.29, 0.717) is 0 Å². The van der Waals surface area contributed by atoms with Crippen molar-refractivity contribution in [1.29, 1.82) is 0 Å². The highest BCUT2D eigenvalue weighted by atomic mass is 35.5. The van der Waals surface area contributed by atoms with E-state index in [1.807, 2.05) is 6.08 Å². The molecule has 0 fully saturated rings. The second-order valence-corrected chi connectivity index (χ2v) is 3.31. The minimum absolute atomic E-state index is 0.0380. The smallest absolute Gasteiger partial charge is 0.240 e. The number of alkyl halides is 1. The minimum atomic E-state index is -0.388. The summed E-state index contributed by atoms with van der Waals surface area (Å²) in [4.78, 5) is 13.0. The van der Waals surface area contributed by atoms with Crippen LogP contribution in [-0.4, -0.2) is 29.3 Å². The van der Waals surface area contributed by atoms with Crippen molar-refractivity contribution in [1.82, 2.24) is 4.90 Å². The summed E-state index contributed by atoms with van der Waals surface area (Å²) in [6.07, 6.45) is 5.04. The van der Waals surface area contributed by atoms with Crippen LogP contribution in [0.4, 0.5) is 0 Å². The minimum Gasteiger partial charge on any atom is -0.337 e. The third-order valence-electron chi connectivity index (χ3n) is 1.71. The second kappa shape index (κ2) is 3.77. The maximum absolute atomic E-state index is 11.3. The van der Waals surface area contributed by atoms with Gasteiger partial charge in [0, 0.05) is 13.1 Å². The third-order valence-corrected chi connectivity index (χ3v) is 1.90. The molecule has 2 nitrogen and oxygen atoms in total. The normalized spacial score (nSPS) is 20.0. The Morgan fingerprint density at radius 3 is 2.82 bits per heavy atom. The Kier molecular flexibility index (Phi) is 2.94. The van der Waals surface area contributed by atoms with Gasteiger partial charge in [0.2, 0.25) is 5.91 Å². The van der Waals surface area contributed by atoms with Crippen LogP contribution in [0.2, 0.25) is 0 Å². The van der Waals surface area contributed by atoms with Crippen LogP contribution in [-0.2, 0) is 4.79 Å². The van der Waals surface area contributed by atoms with E-state index in [2.05, 4.69) is 6.08 Å². The highest BCUT2D eigenvalue weighted by Gasteiger charge is 2.17. The van der Waals surface area contributed by atoms with Gasteiger partial charge in [0.1, 0.15) is 5.38 Å². The van der Waals surface area contributed by atoms with Crippen molar-refractivity contribution in [2.24, 2.45) is 0 Å². The highest BCUT2D eigenvalue weighted by Crippen LogP contribution is 2.06. The van der Waals surface area contributed by atoms with Gasteiger partial charge >= 0.3 is 0 Å². The molecule has 1 rings (SSSR count). The Hall–Kier alpha value is -0.500. The average Bonchev–Trinajstić information content (AvgIpc) is 2.05. The molecule has 0 radical (unpaired) electrons. The molecule has 0 aromatic carbocycles. The molecule has 0 N–H and O–H groups in total.